The number of aromatic nitrogens is 1. The quantitative estimate of drug-likeness (QED) is 0.512. The summed E-state index contributed by atoms with van der Waals surface area (Å²) in [6.07, 6.45) is 6.72. The number of nitrogens with two attached hydrogens (primary N) is 1. The van der Waals surface area contributed by atoms with Crippen LogP contribution in [0.4, 0.5) is 4.39 Å². The zero-order valence-electron chi connectivity index (χ0n) is 20.3. The van der Waals surface area contributed by atoms with E-state index in [2.05, 4.69) is 45.8 Å². The first-order valence-electron chi connectivity index (χ1n) is 12.8. The summed E-state index contributed by atoms with van der Waals surface area (Å²) in [6, 6.07) is 11.8. The fourth-order valence-corrected chi connectivity index (χ4v) is 5.66. The van der Waals surface area contributed by atoms with Gasteiger partial charge in [-0.1, -0.05) is 30.3 Å². The second-order valence-corrected chi connectivity index (χ2v) is 9.90. The van der Waals surface area contributed by atoms with Gasteiger partial charge >= 0.3 is 0 Å². The van der Waals surface area contributed by atoms with Crippen LogP contribution in [0.1, 0.15) is 53.9 Å². The van der Waals surface area contributed by atoms with Gasteiger partial charge in [-0.15, -0.1) is 0 Å². The molecule has 2 N–H and O–H groups in total. The largest absolute Gasteiger partial charge is 0.346 e. The number of hydrogen-bond donors (Lipinski definition) is 1. The van der Waals surface area contributed by atoms with Crippen molar-refractivity contribution in [3.05, 3.63) is 70.7 Å². The number of hydroxylamine groups is 2. The summed E-state index contributed by atoms with van der Waals surface area (Å²) < 4.78 is 16.8. The first kappa shape index (κ1) is 23.5. The third kappa shape index (κ3) is 5.05. The summed E-state index contributed by atoms with van der Waals surface area (Å²) in [7, 11) is 0. The zero-order valence-corrected chi connectivity index (χ0v) is 20.3. The molecule has 3 aromatic rings. The third-order valence-electron chi connectivity index (χ3n) is 7.63. The normalized spacial score (nSPS) is 18.3. The van der Waals surface area contributed by atoms with Crippen molar-refractivity contribution in [2.45, 2.75) is 58.2 Å². The molecule has 0 radical (unpaired) electrons. The van der Waals surface area contributed by atoms with Crippen LogP contribution >= 0.6 is 0 Å². The Balaban J connectivity index is 1.22. The molecule has 3 heterocycles. The fraction of sp³-hybridized carbons (Fsp3) is 0.500. The molecule has 0 saturated carbocycles. The van der Waals surface area contributed by atoms with E-state index in [4.69, 9.17) is 10.6 Å². The van der Waals surface area contributed by atoms with E-state index in [9.17, 15) is 4.39 Å². The van der Waals surface area contributed by atoms with Gasteiger partial charge in [0.1, 0.15) is 5.82 Å². The molecule has 0 unspecified atom stereocenters. The first-order valence-corrected chi connectivity index (χ1v) is 12.8. The maximum atomic E-state index is 14.4. The van der Waals surface area contributed by atoms with E-state index in [1.165, 1.54) is 48.0 Å². The number of benzene rings is 2. The Kier molecular flexibility index (Phi) is 7.30. The predicted octanol–water partition coefficient (Wildman–Crippen LogP) is 4.95. The number of piperidine rings is 1. The summed E-state index contributed by atoms with van der Waals surface area (Å²) >= 11 is 0. The van der Waals surface area contributed by atoms with Crippen molar-refractivity contribution in [2.24, 2.45) is 5.73 Å². The lowest BCUT2D eigenvalue weighted by Crippen LogP contribution is -2.33. The second-order valence-electron chi connectivity index (χ2n) is 9.90. The zero-order chi connectivity index (χ0) is 23.5. The Morgan fingerprint density at radius 1 is 1.03 bits per heavy atom. The number of halogens is 1. The average Bonchev–Trinajstić information content (AvgIpc) is 3.51. The van der Waals surface area contributed by atoms with Crippen molar-refractivity contribution in [3.8, 4) is 0 Å². The van der Waals surface area contributed by atoms with Gasteiger partial charge in [-0.3, -0.25) is 4.84 Å². The maximum absolute atomic E-state index is 14.4. The monoisotopic (exact) mass is 464 g/mol. The van der Waals surface area contributed by atoms with Gasteiger partial charge in [-0.25, -0.2) is 4.39 Å². The minimum absolute atomic E-state index is 0.117. The molecule has 2 fully saturated rings. The first-order chi connectivity index (χ1) is 16.6. The van der Waals surface area contributed by atoms with Crippen molar-refractivity contribution in [1.29, 1.82) is 0 Å². The summed E-state index contributed by atoms with van der Waals surface area (Å²) in [5.41, 5.74) is 11.4. The summed E-state index contributed by atoms with van der Waals surface area (Å²) in [5, 5.41) is 3.35. The van der Waals surface area contributed by atoms with Gasteiger partial charge in [0.15, 0.2) is 0 Å². The van der Waals surface area contributed by atoms with Crippen LogP contribution in [0.5, 0.6) is 0 Å². The minimum atomic E-state index is -0.117. The fourth-order valence-electron chi connectivity index (χ4n) is 5.66. The van der Waals surface area contributed by atoms with E-state index in [1.807, 2.05) is 6.07 Å². The molecule has 2 aromatic carbocycles. The van der Waals surface area contributed by atoms with Gasteiger partial charge in [-0.2, -0.15) is 5.06 Å². The highest BCUT2D eigenvalue weighted by Crippen LogP contribution is 2.31. The predicted molar refractivity (Wildman–Crippen MR) is 135 cm³/mol. The van der Waals surface area contributed by atoms with E-state index in [0.717, 1.165) is 50.1 Å². The van der Waals surface area contributed by atoms with E-state index >= 15 is 0 Å². The lowest BCUT2D eigenvalue weighted by atomic mass is 9.89. The Hall–Kier alpha value is -2.25. The van der Waals surface area contributed by atoms with Crippen LogP contribution in [0.25, 0.3) is 10.9 Å². The maximum Gasteiger partial charge on any atom is 0.126 e. The molecule has 6 heteroatoms. The highest BCUT2D eigenvalue weighted by Gasteiger charge is 2.24. The van der Waals surface area contributed by atoms with Gasteiger partial charge in [0.25, 0.3) is 0 Å². The van der Waals surface area contributed by atoms with E-state index in [1.54, 1.807) is 12.1 Å². The average molecular weight is 465 g/mol. The molecular formula is C28H37FN4O. The Morgan fingerprint density at radius 3 is 2.59 bits per heavy atom. The van der Waals surface area contributed by atoms with E-state index in [0.29, 0.717) is 13.2 Å². The van der Waals surface area contributed by atoms with Crippen molar-refractivity contribution in [1.82, 2.24) is 14.5 Å². The van der Waals surface area contributed by atoms with Crippen molar-refractivity contribution in [3.63, 3.8) is 0 Å². The van der Waals surface area contributed by atoms with Crippen molar-refractivity contribution >= 4 is 10.9 Å². The standard InChI is InChI=1S/C28H37FN4O/c1-21-5-4-6-25-24(19-32(28(21)25)16-15-31-11-2-3-12-31)20-34-33-13-9-23(10-14-33)26-17-22(18-30)7-8-27(26)29/h4-8,17,19,23H,2-3,9-16,18,20,30H2,1H3. The molecule has 1 aromatic heterocycles. The molecule has 34 heavy (non-hydrogen) atoms. The molecule has 2 saturated heterocycles. The van der Waals surface area contributed by atoms with Crippen LogP contribution in [-0.4, -0.2) is 47.3 Å². The number of nitrogens with zero attached hydrogens (tertiary/aromatic N) is 3. The molecule has 2 aliphatic heterocycles. The molecule has 2 aliphatic rings. The van der Waals surface area contributed by atoms with Crippen LogP contribution < -0.4 is 5.73 Å². The molecule has 0 bridgehead atoms. The molecule has 182 valence electrons. The van der Waals surface area contributed by atoms with Crippen molar-refractivity contribution < 1.29 is 9.23 Å². The number of fused-ring (bicyclic) bond motifs is 1. The lowest BCUT2D eigenvalue weighted by molar-refractivity contribution is -0.180. The molecule has 5 nitrogen and oxygen atoms in total. The molecule has 0 aliphatic carbocycles. The number of para-hydroxylation sites is 1. The Morgan fingerprint density at radius 2 is 1.82 bits per heavy atom. The van der Waals surface area contributed by atoms with Gasteiger partial charge in [0, 0.05) is 49.9 Å². The number of aryl methyl sites for hydroxylation is 1. The van der Waals surface area contributed by atoms with Gasteiger partial charge in [0.05, 0.1) is 12.1 Å². The third-order valence-corrected chi connectivity index (χ3v) is 7.63. The lowest BCUT2D eigenvalue weighted by Gasteiger charge is -2.31. The van der Waals surface area contributed by atoms with Crippen LogP contribution in [0.2, 0.25) is 0 Å². The van der Waals surface area contributed by atoms with E-state index in [-0.39, 0.29) is 11.7 Å². The molecule has 0 spiro atoms. The SMILES string of the molecule is Cc1cccc2c(CON3CCC(c4cc(CN)ccc4F)CC3)cn(CCN3CCCC3)c12. The molecular weight excluding hydrogens is 427 g/mol. The summed E-state index contributed by atoms with van der Waals surface area (Å²) in [4.78, 5) is 8.83. The van der Waals surface area contributed by atoms with Gasteiger partial charge < -0.3 is 15.2 Å². The van der Waals surface area contributed by atoms with Gasteiger partial charge in [0.2, 0.25) is 0 Å². The smallest absolute Gasteiger partial charge is 0.126 e. The summed E-state index contributed by atoms with van der Waals surface area (Å²) in [5.74, 6) is 0.107. The Labute approximate surface area is 202 Å². The van der Waals surface area contributed by atoms with Crippen molar-refractivity contribution in [2.75, 3.05) is 32.7 Å². The van der Waals surface area contributed by atoms with Crippen LogP contribution in [0.15, 0.2) is 42.6 Å². The van der Waals surface area contributed by atoms with E-state index < -0.39 is 0 Å². The minimum Gasteiger partial charge on any atom is -0.346 e. The molecule has 0 atom stereocenters. The number of likely N-dealkylation sites (tertiary alicyclic amines) is 1. The highest BCUT2D eigenvalue weighted by molar-refractivity contribution is 5.86. The van der Waals surface area contributed by atoms with Crippen LogP contribution in [0, 0.1) is 12.7 Å². The number of hydrogen-bond acceptors (Lipinski definition) is 4. The summed E-state index contributed by atoms with van der Waals surface area (Å²) in [6.45, 7) is 9.40. The van der Waals surface area contributed by atoms with Gasteiger partial charge in [-0.05, 0) is 74.4 Å². The van der Waals surface area contributed by atoms with Crippen LogP contribution in [-0.2, 0) is 24.5 Å². The Bertz CT molecular complexity index is 1110. The highest BCUT2D eigenvalue weighted by atomic mass is 19.1. The topological polar surface area (TPSA) is 46.7 Å². The van der Waals surface area contributed by atoms with Crippen LogP contribution in [0.3, 0.4) is 0 Å². The molecule has 0 amide bonds. The second kappa shape index (κ2) is 10.6. The molecule has 5 rings (SSSR count). The number of rotatable bonds is 8.